The van der Waals surface area contributed by atoms with Crippen molar-refractivity contribution >= 4 is 19.9 Å². The van der Waals surface area contributed by atoms with E-state index in [-0.39, 0.29) is 43.2 Å². The zero-order chi connectivity index (χ0) is 21.9. The monoisotopic (exact) mass is 438 g/mol. The number of carboxylic acid groups (broad SMARTS) is 1. The third kappa shape index (κ3) is 8.41. The minimum absolute atomic E-state index is 0.0230. The Kier molecular flexibility index (Phi) is 10.2. The van der Waals surface area contributed by atoms with Gasteiger partial charge in [-0.15, -0.1) is 4.52 Å². The molecule has 0 bridgehead atoms. The fourth-order valence-corrected chi connectivity index (χ4v) is 5.03. The van der Waals surface area contributed by atoms with Gasteiger partial charge in [0.25, 0.3) is 5.91 Å². The van der Waals surface area contributed by atoms with Crippen molar-refractivity contribution in [1.82, 2.24) is 5.32 Å². The third-order valence-corrected chi connectivity index (χ3v) is 6.67. The number of carbonyl (C=O) groups is 2. The molecule has 0 spiro atoms. The number of carbonyl (C=O) groups excluding carboxylic acids is 1. The van der Waals surface area contributed by atoms with Gasteiger partial charge in [0.1, 0.15) is 18.3 Å². The summed E-state index contributed by atoms with van der Waals surface area (Å²) < 4.78 is 23.4. The lowest BCUT2D eigenvalue weighted by Crippen LogP contribution is -2.45. The molecule has 3 atom stereocenters. The van der Waals surface area contributed by atoms with Crippen LogP contribution in [0.1, 0.15) is 46.0 Å². The van der Waals surface area contributed by atoms with Crippen LogP contribution in [0.5, 0.6) is 5.75 Å². The Balaban J connectivity index is 1.89. The van der Waals surface area contributed by atoms with Gasteiger partial charge in [-0.25, -0.2) is 0 Å². The summed E-state index contributed by atoms with van der Waals surface area (Å²) in [6, 6.07) is 8.85. The minimum atomic E-state index is -2.12. The minimum Gasteiger partial charge on any atom is -0.484 e. The summed E-state index contributed by atoms with van der Waals surface area (Å²) in [5.74, 6) is -1.19. The van der Waals surface area contributed by atoms with Crippen LogP contribution in [0.15, 0.2) is 30.3 Å². The molecule has 3 unspecified atom stereocenters. The van der Waals surface area contributed by atoms with E-state index in [1.165, 1.54) is 6.42 Å². The van der Waals surface area contributed by atoms with Crippen LogP contribution in [0, 0.1) is 17.8 Å². The number of para-hydroxylation sites is 1. The first-order chi connectivity index (χ1) is 14.4. The van der Waals surface area contributed by atoms with Gasteiger partial charge >= 0.3 is 14.0 Å². The van der Waals surface area contributed by atoms with Crippen LogP contribution in [-0.4, -0.2) is 42.4 Å². The van der Waals surface area contributed by atoms with Crippen LogP contribution >= 0.6 is 8.03 Å². The molecule has 0 radical (unpaired) electrons. The Bertz CT molecular complexity index is 690. The van der Waals surface area contributed by atoms with Crippen LogP contribution < -0.4 is 10.1 Å². The van der Waals surface area contributed by atoms with Crippen LogP contribution in [0.4, 0.5) is 0 Å². The van der Waals surface area contributed by atoms with Crippen LogP contribution in [0.25, 0.3) is 0 Å². The molecule has 2 N–H and O–H groups in total. The molecular formula is C22H33NO6P+. The van der Waals surface area contributed by atoms with E-state index in [1.54, 1.807) is 26.0 Å². The van der Waals surface area contributed by atoms with Crippen molar-refractivity contribution in [3.05, 3.63) is 30.3 Å². The molecule has 2 rings (SSSR count). The summed E-state index contributed by atoms with van der Waals surface area (Å²) in [6.07, 6.45) is 5.31. The molecule has 0 heterocycles. The predicted molar refractivity (Wildman–Crippen MR) is 115 cm³/mol. The standard InChI is InChI=1S/C22H32NO6P/c1-16(2)19(22(25)26)15-30(27)29-13-20(17-9-5-3-6-10-17)23-21(24)14-28-18-11-7-4-8-12-18/h4,7-8,11-12,16-17,19-20H,3,5-6,9-10,13-15H2,1-2H3,(H-,23,24,25,26)/p+1. The summed E-state index contributed by atoms with van der Waals surface area (Å²) in [6.45, 7) is 3.59. The summed E-state index contributed by atoms with van der Waals surface area (Å²) in [4.78, 5) is 23.8. The number of ether oxygens (including phenoxy) is 1. The van der Waals surface area contributed by atoms with Crippen molar-refractivity contribution in [3.8, 4) is 5.75 Å². The van der Waals surface area contributed by atoms with Crippen molar-refractivity contribution in [1.29, 1.82) is 0 Å². The van der Waals surface area contributed by atoms with E-state index in [0.717, 1.165) is 25.7 Å². The SMILES string of the molecule is CC(C)C(C[P+](=O)OCC(NC(=O)COc1ccccc1)C1CCCCC1)C(=O)O. The molecule has 0 aliphatic heterocycles. The van der Waals surface area contributed by atoms with Crippen molar-refractivity contribution in [3.63, 3.8) is 0 Å². The van der Waals surface area contributed by atoms with E-state index in [0.29, 0.717) is 5.75 Å². The van der Waals surface area contributed by atoms with E-state index in [1.807, 2.05) is 18.2 Å². The number of rotatable bonds is 12. The highest BCUT2D eigenvalue weighted by molar-refractivity contribution is 7.39. The Labute approximate surface area is 179 Å². The Morgan fingerprint density at radius 3 is 2.43 bits per heavy atom. The number of amides is 1. The maximum atomic E-state index is 12.4. The number of aliphatic carboxylic acids is 1. The van der Waals surface area contributed by atoms with Gasteiger partial charge in [-0.2, -0.15) is 0 Å². The highest BCUT2D eigenvalue weighted by atomic mass is 31.1. The van der Waals surface area contributed by atoms with E-state index in [4.69, 9.17) is 9.26 Å². The fourth-order valence-electron chi connectivity index (χ4n) is 3.70. The highest BCUT2D eigenvalue weighted by Gasteiger charge is 2.35. The zero-order valence-electron chi connectivity index (χ0n) is 17.8. The first-order valence-electron chi connectivity index (χ1n) is 10.6. The topological polar surface area (TPSA) is 102 Å². The Morgan fingerprint density at radius 1 is 1.17 bits per heavy atom. The second-order valence-corrected chi connectivity index (χ2v) is 9.46. The molecule has 0 saturated heterocycles. The number of benzene rings is 1. The summed E-state index contributed by atoms with van der Waals surface area (Å²) in [7, 11) is -2.12. The number of hydrogen-bond donors (Lipinski definition) is 2. The lowest BCUT2D eigenvalue weighted by molar-refractivity contribution is -0.142. The molecule has 8 heteroatoms. The molecule has 166 valence electrons. The maximum absolute atomic E-state index is 12.4. The number of hydrogen-bond acceptors (Lipinski definition) is 5. The first kappa shape index (κ1) is 24.3. The molecule has 1 aromatic carbocycles. The predicted octanol–water partition coefficient (Wildman–Crippen LogP) is 4.25. The summed E-state index contributed by atoms with van der Waals surface area (Å²) in [5.41, 5.74) is 0. The van der Waals surface area contributed by atoms with E-state index in [2.05, 4.69) is 5.32 Å². The summed E-state index contributed by atoms with van der Waals surface area (Å²) in [5, 5.41) is 12.3. The van der Waals surface area contributed by atoms with E-state index < -0.39 is 19.9 Å². The lowest BCUT2D eigenvalue weighted by Gasteiger charge is -2.29. The fraction of sp³-hybridized carbons (Fsp3) is 0.636. The molecule has 1 saturated carbocycles. The van der Waals surface area contributed by atoms with Gasteiger partial charge in [0, 0.05) is 0 Å². The second-order valence-electron chi connectivity index (χ2n) is 8.17. The number of carboxylic acids is 1. The normalized spacial score (nSPS) is 17.2. The zero-order valence-corrected chi connectivity index (χ0v) is 18.7. The molecule has 1 amide bonds. The van der Waals surface area contributed by atoms with Gasteiger partial charge in [-0.05, 0) is 41.4 Å². The Morgan fingerprint density at radius 2 is 1.83 bits per heavy atom. The molecule has 0 aromatic heterocycles. The van der Waals surface area contributed by atoms with Gasteiger partial charge in [0.15, 0.2) is 12.8 Å². The van der Waals surface area contributed by atoms with Crippen molar-refractivity contribution in [2.45, 2.75) is 52.0 Å². The quantitative estimate of drug-likeness (QED) is 0.473. The largest absolute Gasteiger partial charge is 0.509 e. The lowest BCUT2D eigenvalue weighted by atomic mass is 9.84. The van der Waals surface area contributed by atoms with E-state index >= 15 is 0 Å². The van der Waals surface area contributed by atoms with Gasteiger partial charge < -0.3 is 15.2 Å². The maximum Gasteiger partial charge on any atom is 0.509 e. The molecule has 30 heavy (non-hydrogen) atoms. The van der Waals surface area contributed by atoms with Crippen LogP contribution in [0.2, 0.25) is 0 Å². The summed E-state index contributed by atoms with van der Waals surface area (Å²) >= 11 is 0. The molecule has 1 aliphatic rings. The molecule has 1 aromatic rings. The second kappa shape index (κ2) is 12.7. The molecular weight excluding hydrogens is 405 g/mol. The van der Waals surface area contributed by atoms with E-state index in [9.17, 15) is 19.3 Å². The highest BCUT2D eigenvalue weighted by Crippen LogP contribution is 2.32. The van der Waals surface area contributed by atoms with Crippen molar-refractivity contribution < 1.29 is 28.5 Å². The van der Waals surface area contributed by atoms with Crippen molar-refractivity contribution in [2.24, 2.45) is 17.8 Å². The van der Waals surface area contributed by atoms with Gasteiger partial charge in [0.2, 0.25) is 0 Å². The van der Waals surface area contributed by atoms with Crippen molar-refractivity contribution in [2.75, 3.05) is 19.4 Å². The molecule has 7 nitrogen and oxygen atoms in total. The van der Waals surface area contributed by atoms with Gasteiger partial charge in [0.05, 0.1) is 6.04 Å². The first-order valence-corrected chi connectivity index (χ1v) is 12.0. The average Bonchev–Trinajstić information content (AvgIpc) is 2.74. The molecule has 1 aliphatic carbocycles. The Hall–Kier alpha value is -1.98. The van der Waals surface area contributed by atoms with Crippen LogP contribution in [-0.2, 0) is 18.7 Å². The van der Waals surface area contributed by atoms with Gasteiger partial charge in [-0.3, -0.25) is 9.59 Å². The number of nitrogens with one attached hydrogen (secondary N) is 1. The van der Waals surface area contributed by atoms with Crippen LogP contribution in [0.3, 0.4) is 0 Å². The molecule has 1 fully saturated rings. The smallest absolute Gasteiger partial charge is 0.484 e. The average molecular weight is 438 g/mol. The third-order valence-electron chi connectivity index (χ3n) is 5.54. The van der Waals surface area contributed by atoms with Gasteiger partial charge in [-0.1, -0.05) is 51.3 Å².